The van der Waals surface area contributed by atoms with Crippen LogP contribution in [0, 0.1) is 5.41 Å². The molecule has 3 nitrogen and oxygen atoms in total. The normalized spacial score (nSPS) is 20.8. The Morgan fingerprint density at radius 1 is 1.44 bits per heavy atom. The van der Waals surface area contributed by atoms with Crippen molar-refractivity contribution < 1.29 is 0 Å². The molecule has 1 heterocycles. The van der Waals surface area contributed by atoms with Gasteiger partial charge in [0, 0.05) is 35.3 Å². The minimum Gasteiger partial charge on any atom is -0.384 e. The molecule has 0 saturated carbocycles. The van der Waals surface area contributed by atoms with Crippen LogP contribution in [-0.2, 0) is 0 Å². The molecular formula is C12H17N3S. The maximum atomic E-state index is 7.35. The standard InChI is InChI=1S/C12H17N3S/c1-9-8-16-7-6-15(9)11-4-2-10(3-5-11)12(13)14/h2-5,9H,6-8H2,1H3,(H3,13,14). The average molecular weight is 235 g/mol. The minimum absolute atomic E-state index is 0.133. The molecule has 1 atom stereocenters. The highest BCUT2D eigenvalue weighted by Crippen LogP contribution is 2.23. The molecular weight excluding hydrogens is 218 g/mol. The SMILES string of the molecule is CC1CSCCN1c1ccc(C(=N)N)cc1. The van der Waals surface area contributed by atoms with Gasteiger partial charge in [0.1, 0.15) is 5.84 Å². The Bertz CT molecular complexity index is 374. The highest BCUT2D eigenvalue weighted by atomic mass is 32.2. The lowest BCUT2D eigenvalue weighted by Gasteiger charge is -2.35. The summed E-state index contributed by atoms with van der Waals surface area (Å²) < 4.78 is 0. The number of nitrogens with zero attached hydrogens (tertiary/aromatic N) is 1. The number of nitrogens with two attached hydrogens (primary N) is 1. The van der Waals surface area contributed by atoms with E-state index >= 15 is 0 Å². The van der Waals surface area contributed by atoms with Crippen molar-refractivity contribution in [3.8, 4) is 0 Å². The first-order chi connectivity index (χ1) is 7.68. The lowest BCUT2D eigenvalue weighted by atomic mass is 10.1. The van der Waals surface area contributed by atoms with E-state index in [2.05, 4.69) is 24.0 Å². The van der Waals surface area contributed by atoms with Crippen LogP contribution >= 0.6 is 11.8 Å². The van der Waals surface area contributed by atoms with Gasteiger partial charge in [0.2, 0.25) is 0 Å². The Morgan fingerprint density at radius 2 is 2.12 bits per heavy atom. The number of anilines is 1. The number of nitrogens with one attached hydrogen (secondary N) is 1. The molecule has 0 bridgehead atoms. The first kappa shape index (κ1) is 11.3. The van der Waals surface area contributed by atoms with Gasteiger partial charge < -0.3 is 10.6 Å². The third-order valence-corrected chi connectivity index (χ3v) is 4.07. The van der Waals surface area contributed by atoms with Gasteiger partial charge in [0.05, 0.1) is 0 Å². The zero-order valence-corrected chi connectivity index (χ0v) is 10.3. The van der Waals surface area contributed by atoms with Gasteiger partial charge in [-0.1, -0.05) is 0 Å². The molecule has 2 rings (SSSR count). The molecule has 3 N–H and O–H groups in total. The molecule has 1 aromatic rings. The maximum absolute atomic E-state index is 7.35. The minimum atomic E-state index is 0.133. The molecule has 86 valence electrons. The first-order valence-electron chi connectivity index (χ1n) is 5.47. The van der Waals surface area contributed by atoms with E-state index in [1.54, 1.807) is 0 Å². The number of thioether (sulfide) groups is 1. The largest absolute Gasteiger partial charge is 0.384 e. The molecule has 0 aromatic heterocycles. The highest BCUT2D eigenvalue weighted by Gasteiger charge is 2.18. The van der Waals surface area contributed by atoms with Gasteiger partial charge in [-0.15, -0.1) is 0 Å². The van der Waals surface area contributed by atoms with Crippen molar-refractivity contribution in [2.45, 2.75) is 13.0 Å². The molecule has 1 aliphatic rings. The van der Waals surface area contributed by atoms with E-state index in [1.807, 2.05) is 23.9 Å². The molecule has 1 unspecified atom stereocenters. The molecule has 1 aromatic carbocycles. The molecule has 16 heavy (non-hydrogen) atoms. The average Bonchev–Trinajstić information content (AvgIpc) is 2.30. The smallest absolute Gasteiger partial charge is 0.122 e. The van der Waals surface area contributed by atoms with Gasteiger partial charge in [-0.3, -0.25) is 5.41 Å². The summed E-state index contributed by atoms with van der Waals surface area (Å²) in [4.78, 5) is 2.42. The number of rotatable bonds is 2. The van der Waals surface area contributed by atoms with Gasteiger partial charge >= 0.3 is 0 Å². The predicted molar refractivity (Wildman–Crippen MR) is 71.6 cm³/mol. The Labute approximate surface area is 101 Å². The zero-order chi connectivity index (χ0) is 11.5. The summed E-state index contributed by atoms with van der Waals surface area (Å²) in [6.45, 7) is 3.36. The van der Waals surface area contributed by atoms with Crippen LogP contribution in [-0.4, -0.2) is 29.9 Å². The maximum Gasteiger partial charge on any atom is 0.122 e. The topological polar surface area (TPSA) is 53.1 Å². The summed E-state index contributed by atoms with van der Waals surface area (Å²) in [7, 11) is 0. The Kier molecular flexibility index (Phi) is 3.39. The van der Waals surface area contributed by atoms with Crippen molar-refractivity contribution in [2.24, 2.45) is 5.73 Å². The van der Waals surface area contributed by atoms with E-state index in [-0.39, 0.29) is 5.84 Å². The van der Waals surface area contributed by atoms with Crippen molar-refractivity contribution in [1.29, 1.82) is 5.41 Å². The van der Waals surface area contributed by atoms with E-state index in [4.69, 9.17) is 11.1 Å². The summed E-state index contributed by atoms with van der Waals surface area (Å²) in [5, 5.41) is 7.35. The second-order valence-electron chi connectivity index (χ2n) is 4.08. The molecule has 1 fully saturated rings. The highest BCUT2D eigenvalue weighted by molar-refractivity contribution is 7.99. The molecule has 0 aliphatic carbocycles. The van der Waals surface area contributed by atoms with Crippen molar-refractivity contribution in [3.05, 3.63) is 29.8 Å². The summed E-state index contributed by atoms with van der Waals surface area (Å²) >= 11 is 2.01. The van der Waals surface area contributed by atoms with Crippen LogP contribution in [0.15, 0.2) is 24.3 Å². The Hall–Kier alpha value is -1.16. The van der Waals surface area contributed by atoms with Crippen LogP contribution in [0.2, 0.25) is 0 Å². The van der Waals surface area contributed by atoms with Gasteiger partial charge in [-0.2, -0.15) is 11.8 Å². The third kappa shape index (κ3) is 2.32. The molecule has 1 saturated heterocycles. The van der Waals surface area contributed by atoms with E-state index in [0.717, 1.165) is 12.1 Å². The quantitative estimate of drug-likeness (QED) is 0.608. The summed E-state index contributed by atoms with van der Waals surface area (Å²) in [6.07, 6.45) is 0. The van der Waals surface area contributed by atoms with E-state index in [0.29, 0.717) is 6.04 Å². The van der Waals surface area contributed by atoms with Gasteiger partial charge in [0.15, 0.2) is 0 Å². The molecule has 0 amide bonds. The number of hydrogen-bond donors (Lipinski definition) is 2. The van der Waals surface area contributed by atoms with Crippen LogP contribution in [0.4, 0.5) is 5.69 Å². The zero-order valence-electron chi connectivity index (χ0n) is 9.44. The van der Waals surface area contributed by atoms with Crippen LogP contribution in [0.3, 0.4) is 0 Å². The first-order valence-corrected chi connectivity index (χ1v) is 6.63. The fraction of sp³-hybridized carbons (Fsp3) is 0.417. The van der Waals surface area contributed by atoms with Crippen LogP contribution in [0.1, 0.15) is 12.5 Å². The van der Waals surface area contributed by atoms with Crippen LogP contribution < -0.4 is 10.6 Å². The van der Waals surface area contributed by atoms with Crippen molar-refractivity contribution in [2.75, 3.05) is 23.0 Å². The second-order valence-corrected chi connectivity index (χ2v) is 5.23. The third-order valence-electron chi connectivity index (χ3n) is 2.88. The fourth-order valence-electron chi connectivity index (χ4n) is 1.94. The lowest BCUT2D eigenvalue weighted by Crippen LogP contribution is -2.40. The predicted octanol–water partition coefficient (Wildman–Crippen LogP) is 1.91. The molecule has 4 heteroatoms. The number of amidine groups is 1. The van der Waals surface area contributed by atoms with Gasteiger partial charge in [-0.05, 0) is 31.2 Å². The van der Waals surface area contributed by atoms with E-state index in [1.165, 1.54) is 17.2 Å². The molecule has 0 radical (unpaired) electrons. The second kappa shape index (κ2) is 4.78. The van der Waals surface area contributed by atoms with Crippen molar-refractivity contribution in [3.63, 3.8) is 0 Å². The van der Waals surface area contributed by atoms with Crippen molar-refractivity contribution >= 4 is 23.3 Å². The fourth-order valence-corrected chi connectivity index (χ4v) is 2.96. The van der Waals surface area contributed by atoms with Gasteiger partial charge in [-0.25, -0.2) is 0 Å². The summed E-state index contributed by atoms with van der Waals surface area (Å²) in [5.41, 5.74) is 7.46. The number of nitrogen functional groups attached to an aromatic ring is 1. The van der Waals surface area contributed by atoms with Crippen molar-refractivity contribution in [1.82, 2.24) is 0 Å². The molecule has 0 spiro atoms. The number of benzene rings is 1. The monoisotopic (exact) mass is 235 g/mol. The van der Waals surface area contributed by atoms with Gasteiger partial charge in [0.25, 0.3) is 0 Å². The number of hydrogen-bond acceptors (Lipinski definition) is 3. The van der Waals surface area contributed by atoms with E-state index in [9.17, 15) is 0 Å². The Morgan fingerprint density at radius 3 is 2.69 bits per heavy atom. The lowest BCUT2D eigenvalue weighted by molar-refractivity contribution is 0.700. The molecule has 1 aliphatic heterocycles. The van der Waals surface area contributed by atoms with E-state index < -0.39 is 0 Å². The van der Waals surface area contributed by atoms with Crippen LogP contribution in [0.25, 0.3) is 0 Å². The summed E-state index contributed by atoms with van der Waals surface area (Å²) in [5.74, 6) is 2.52. The Balaban J connectivity index is 2.17. The summed E-state index contributed by atoms with van der Waals surface area (Å²) in [6, 6.07) is 8.55. The van der Waals surface area contributed by atoms with Crippen LogP contribution in [0.5, 0.6) is 0 Å².